The van der Waals surface area contributed by atoms with Gasteiger partial charge in [0.15, 0.2) is 0 Å². The van der Waals surface area contributed by atoms with Crippen molar-refractivity contribution in [3.05, 3.63) is 36.8 Å². The lowest BCUT2D eigenvalue weighted by Gasteiger charge is -2.30. The number of nitrogens with one attached hydrogen (secondary N) is 1. The summed E-state index contributed by atoms with van der Waals surface area (Å²) in [6.45, 7) is 2.88. The highest BCUT2D eigenvalue weighted by Gasteiger charge is 2.30. The summed E-state index contributed by atoms with van der Waals surface area (Å²) in [6.07, 6.45) is 4.94. The number of rotatable bonds is 4. The summed E-state index contributed by atoms with van der Waals surface area (Å²) in [5.74, 6) is 0.381. The molecule has 8 nitrogen and oxygen atoms in total. The van der Waals surface area contributed by atoms with E-state index in [1.807, 2.05) is 18.3 Å². The molecular formula is C20H23N5O3. The number of ether oxygens (including phenoxy) is 1. The highest BCUT2D eigenvalue weighted by Crippen LogP contribution is 2.37. The van der Waals surface area contributed by atoms with Gasteiger partial charge >= 0.3 is 5.97 Å². The van der Waals surface area contributed by atoms with Crippen LogP contribution in [-0.4, -0.2) is 44.8 Å². The molecule has 3 heterocycles. The van der Waals surface area contributed by atoms with Gasteiger partial charge in [-0.15, -0.1) is 0 Å². The number of nitrogens with zero attached hydrogens (tertiary/aromatic N) is 3. The van der Waals surface area contributed by atoms with Crippen LogP contribution in [0.5, 0.6) is 5.75 Å². The SMILES string of the molecule is CCOC(=O)C1CC(n2cc(-c3ccc(O)cc3)c3c(N)ncnc32)CCN1. The Bertz CT molecular complexity index is 999. The zero-order valence-corrected chi connectivity index (χ0v) is 15.6. The Labute approximate surface area is 162 Å². The van der Waals surface area contributed by atoms with Gasteiger partial charge in [-0.3, -0.25) is 4.79 Å². The van der Waals surface area contributed by atoms with Gasteiger partial charge in [0.2, 0.25) is 0 Å². The lowest BCUT2D eigenvalue weighted by atomic mass is 9.99. The molecule has 2 aromatic heterocycles. The molecule has 1 aromatic carbocycles. The summed E-state index contributed by atoms with van der Waals surface area (Å²) in [6, 6.07) is 6.69. The van der Waals surface area contributed by atoms with Crippen molar-refractivity contribution in [2.45, 2.75) is 31.8 Å². The molecule has 1 saturated heterocycles. The number of hydrogen-bond donors (Lipinski definition) is 3. The lowest BCUT2D eigenvalue weighted by Crippen LogP contribution is -2.44. The molecule has 3 aromatic rings. The second-order valence-corrected chi connectivity index (χ2v) is 6.89. The number of carbonyl (C=O) groups is 1. The first-order valence-corrected chi connectivity index (χ1v) is 9.39. The molecule has 4 rings (SSSR count). The van der Waals surface area contributed by atoms with E-state index in [4.69, 9.17) is 10.5 Å². The van der Waals surface area contributed by atoms with E-state index in [-0.39, 0.29) is 23.8 Å². The van der Waals surface area contributed by atoms with Gasteiger partial charge in [0.1, 0.15) is 29.6 Å². The predicted octanol–water partition coefficient (Wildman–Crippen LogP) is 2.24. The van der Waals surface area contributed by atoms with Gasteiger partial charge < -0.3 is 25.5 Å². The van der Waals surface area contributed by atoms with Crippen molar-refractivity contribution in [1.82, 2.24) is 19.9 Å². The molecule has 0 amide bonds. The van der Waals surface area contributed by atoms with E-state index < -0.39 is 0 Å². The van der Waals surface area contributed by atoms with Crippen molar-refractivity contribution in [3.8, 4) is 16.9 Å². The van der Waals surface area contributed by atoms with E-state index >= 15 is 0 Å². The van der Waals surface area contributed by atoms with Crippen LogP contribution in [-0.2, 0) is 9.53 Å². The van der Waals surface area contributed by atoms with E-state index in [9.17, 15) is 9.90 Å². The third-order valence-corrected chi connectivity index (χ3v) is 5.16. The number of piperidine rings is 1. The van der Waals surface area contributed by atoms with Crippen LogP contribution >= 0.6 is 0 Å². The highest BCUT2D eigenvalue weighted by molar-refractivity contribution is 6.00. The maximum Gasteiger partial charge on any atom is 0.323 e. The molecule has 0 spiro atoms. The number of aromatic hydroxyl groups is 1. The molecule has 4 N–H and O–H groups in total. The number of carbonyl (C=O) groups excluding carboxylic acids is 1. The first kappa shape index (κ1) is 18.2. The monoisotopic (exact) mass is 381 g/mol. The molecule has 1 fully saturated rings. The Hall–Kier alpha value is -3.13. The molecule has 2 unspecified atom stereocenters. The van der Waals surface area contributed by atoms with E-state index in [2.05, 4.69) is 19.9 Å². The number of nitrogen functional groups attached to an aromatic ring is 1. The van der Waals surface area contributed by atoms with Crippen molar-refractivity contribution in [2.24, 2.45) is 0 Å². The Morgan fingerprint density at radius 1 is 1.36 bits per heavy atom. The quantitative estimate of drug-likeness (QED) is 0.594. The number of benzene rings is 1. The Morgan fingerprint density at radius 2 is 2.14 bits per heavy atom. The van der Waals surface area contributed by atoms with Crippen LogP contribution in [0.2, 0.25) is 0 Å². The molecule has 1 aliphatic heterocycles. The fraction of sp³-hybridized carbons (Fsp3) is 0.350. The van der Waals surface area contributed by atoms with Crippen LogP contribution in [0.1, 0.15) is 25.8 Å². The molecule has 1 aliphatic rings. The number of phenolic OH excluding ortho intramolecular Hbond substituents is 1. The topological polar surface area (TPSA) is 115 Å². The molecule has 28 heavy (non-hydrogen) atoms. The smallest absolute Gasteiger partial charge is 0.323 e. The van der Waals surface area contributed by atoms with Crippen molar-refractivity contribution < 1.29 is 14.6 Å². The molecule has 0 radical (unpaired) electrons. The van der Waals surface area contributed by atoms with Crippen LogP contribution in [0.15, 0.2) is 36.8 Å². The first-order valence-electron chi connectivity index (χ1n) is 9.39. The van der Waals surface area contributed by atoms with E-state index in [0.717, 1.165) is 28.6 Å². The number of esters is 1. The summed E-state index contributed by atoms with van der Waals surface area (Å²) >= 11 is 0. The first-order chi connectivity index (χ1) is 13.6. The average Bonchev–Trinajstić information content (AvgIpc) is 3.10. The number of fused-ring (bicyclic) bond motifs is 1. The molecule has 8 heteroatoms. The Kier molecular flexibility index (Phi) is 4.87. The molecule has 2 atom stereocenters. The van der Waals surface area contributed by atoms with Gasteiger partial charge in [-0.05, 0) is 44.0 Å². The second-order valence-electron chi connectivity index (χ2n) is 6.89. The van der Waals surface area contributed by atoms with Gasteiger partial charge in [-0.2, -0.15) is 0 Å². The van der Waals surface area contributed by atoms with Crippen LogP contribution in [0.4, 0.5) is 5.82 Å². The van der Waals surface area contributed by atoms with E-state index in [0.29, 0.717) is 25.4 Å². The summed E-state index contributed by atoms with van der Waals surface area (Å²) in [5, 5.41) is 13.6. The summed E-state index contributed by atoms with van der Waals surface area (Å²) in [5.41, 5.74) is 8.74. The predicted molar refractivity (Wildman–Crippen MR) is 106 cm³/mol. The Balaban J connectivity index is 1.76. The van der Waals surface area contributed by atoms with Crippen molar-refractivity contribution >= 4 is 22.8 Å². The van der Waals surface area contributed by atoms with E-state index in [1.54, 1.807) is 19.1 Å². The highest BCUT2D eigenvalue weighted by atomic mass is 16.5. The molecule has 0 saturated carbocycles. The summed E-state index contributed by atoms with van der Waals surface area (Å²) in [4.78, 5) is 20.8. The third-order valence-electron chi connectivity index (χ3n) is 5.16. The van der Waals surface area contributed by atoms with Crippen molar-refractivity contribution in [2.75, 3.05) is 18.9 Å². The number of nitrogens with two attached hydrogens (primary N) is 1. The standard InChI is InChI=1S/C20H23N5O3/c1-2-28-20(27)16-9-13(7-8-22-16)25-10-15(12-3-5-14(26)6-4-12)17-18(21)23-11-24-19(17)25/h3-6,10-11,13,16,22,26H,2,7-9H2,1H3,(H2,21,23,24). The number of aromatic nitrogens is 3. The largest absolute Gasteiger partial charge is 0.508 e. The summed E-state index contributed by atoms with van der Waals surface area (Å²) < 4.78 is 7.26. The molecule has 0 bridgehead atoms. The Morgan fingerprint density at radius 3 is 2.89 bits per heavy atom. The normalized spacial score (nSPS) is 19.6. The number of anilines is 1. The van der Waals surface area contributed by atoms with Crippen LogP contribution in [0.3, 0.4) is 0 Å². The third kappa shape index (κ3) is 3.27. The maximum atomic E-state index is 12.2. The van der Waals surface area contributed by atoms with Crippen LogP contribution < -0.4 is 11.1 Å². The minimum Gasteiger partial charge on any atom is -0.508 e. The number of phenols is 1. The molecule has 146 valence electrons. The fourth-order valence-corrected chi connectivity index (χ4v) is 3.82. The summed E-state index contributed by atoms with van der Waals surface area (Å²) in [7, 11) is 0. The van der Waals surface area contributed by atoms with Crippen molar-refractivity contribution in [3.63, 3.8) is 0 Å². The van der Waals surface area contributed by atoms with Crippen molar-refractivity contribution in [1.29, 1.82) is 0 Å². The van der Waals surface area contributed by atoms with Gasteiger partial charge in [-0.25, -0.2) is 9.97 Å². The van der Waals surface area contributed by atoms with Crippen LogP contribution in [0, 0.1) is 0 Å². The second kappa shape index (κ2) is 7.47. The van der Waals surface area contributed by atoms with Gasteiger partial charge in [0, 0.05) is 17.8 Å². The molecule has 0 aliphatic carbocycles. The zero-order valence-electron chi connectivity index (χ0n) is 15.6. The van der Waals surface area contributed by atoms with Crippen LogP contribution in [0.25, 0.3) is 22.2 Å². The number of hydrogen-bond acceptors (Lipinski definition) is 7. The van der Waals surface area contributed by atoms with Gasteiger partial charge in [0.05, 0.1) is 12.0 Å². The minimum atomic E-state index is -0.340. The zero-order chi connectivity index (χ0) is 19.7. The maximum absolute atomic E-state index is 12.2. The minimum absolute atomic E-state index is 0.0818. The average molecular weight is 381 g/mol. The molecular weight excluding hydrogens is 358 g/mol. The van der Waals surface area contributed by atoms with Gasteiger partial charge in [0.25, 0.3) is 0 Å². The van der Waals surface area contributed by atoms with E-state index in [1.165, 1.54) is 6.33 Å². The fourth-order valence-electron chi connectivity index (χ4n) is 3.82. The van der Waals surface area contributed by atoms with Gasteiger partial charge in [-0.1, -0.05) is 12.1 Å². The lowest BCUT2D eigenvalue weighted by molar-refractivity contribution is -0.146.